The summed E-state index contributed by atoms with van der Waals surface area (Å²) in [5.41, 5.74) is 1.15. The van der Waals surface area contributed by atoms with E-state index < -0.39 is 0 Å². The first-order valence-corrected chi connectivity index (χ1v) is 6.25. The Morgan fingerprint density at radius 3 is 2.50 bits per heavy atom. The average Bonchev–Trinajstić information content (AvgIpc) is 2.61. The number of guanidine groups is 1. The molecule has 0 atom stereocenters. The van der Waals surface area contributed by atoms with Crippen LogP contribution in [0.3, 0.4) is 0 Å². The summed E-state index contributed by atoms with van der Waals surface area (Å²) in [6, 6.07) is 2.04. The summed E-state index contributed by atoms with van der Waals surface area (Å²) >= 11 is 0. The molecule has 2 N–H and O–H groups in total. The van der Waals surface area contributed by atoms with Crippen molar-refractivity contribution in [1.29, 1.82) is 0 Å². The molecule has 0 bridgehead atoms. The SMILES string of the molecule is CCCNC(=NCc1cc(C)oc1C)NCC.I. The molecular formula is C13H24IN3O. The Bertz CT molecular complexity index is 374. The highest BCUT2D eigenvalue weighted by atomic mass is 127. The Balaban J connectivity index is 0.00000289. The van der Waals surface area contributed by atoms with E-state index in [4.69, 9.17) is 4.42 Å². The standard InChI is InChI=1S/C13H23N3O.HI/c1-5-7-15-13(14-6-2)16-9-12-8-10(3)17-11(12)4;/h8H,5-7,9H2,1-4H3,(H2,14,15,16);1H. The monoisotopic (exact) mass is 365 g/mol. The van der Waals surface area contributed by atoms with E-state index in [-0.39, 0.29) is 24.0 Å². The summed E-state index contributed by atoms with van der Waals surface area (Å²) in [4.78, 5) is 4.53. The van der Waals surface area contributed by atoms with E-state index in [9.17, 15) is 0 Å². The van der Waals surface area contributed by atoms with Gasteiger partial charge in [0.15, 0.2) is 5.96 Å². The third kappa shape index (κ3) is 5.75. The lowest BCUT2D eigenvalue weighted by Crippen LogP contribution is -2.37. The van der Waals surface area contributed by atoms with Gasteiger partial charge in [0.1, 0.15) is 11.5 Å². The van der Waals surface area contributed by atoms with Crippen LogP contribution in [0.5, 0.6) is 0 Å². The van der Waals surface area contributed by atoms with Gasteiger partial charge in [-0.25, -0.2) is 4.99 Å². The topological polar surface area (TPSA) is 49.6 Å². The first-order chi connectivity index (χ1) is 8.17. The maximum atomic E-state index is 5.48. The largest absolute Gasteiger partial charge is 0.466 e. The zero-order valence-corrected chi connectivity index (χ0v) is 14.0. The van der Waals surface area contributed by atoms with Crippen LogP contribution in [-0.2, 0) is 6.54 Å². The van der Waals surface area contributed by atoms with Gasteiger partial charge in [0.05, 0.1) is 6.54 Å². The third-order valence-corrected chi connectivity index (χ3v) is 2.44. The van der Waals surface area contributed by atoms with Crippen LogP contribution in [0, 0.1) is 13.8 Å². The molecule has 1 aromatic rings. The summed E-state index contributed by atoms with van der Waals surface area (Å²) < 4.78 is 5.48. The zero-order chi connectivity index (χ0) is 12.7. The number of halogens is 1. The minimum absolute atomic E-state index is 0. The molecule has 0 aliphatic rings. The number of nitrogens with one attached hydrogen (secondary N) is 2. The highest BCUT2D eigenvalue weighted by Gasteiger charge is 2.04. The molecule has 5 heteroatoms. The van der Waals surface area contributed by atoms with Crippen LogP contribution in [0.2, 0.25) is 0 Å². The van der Waals surface area contributed by atoms with Crippen LogP contribution < -0.4 is 10.6 Å². The Hall–Kier alpha value is -0.720. The molecule has 0 amide bonds. The second kappa shape index (κ2) is 9.24. The number of rotatable bonds is 5. The molecule has 0 spiro atoms. The smallest absolute Gasteiger partial charge is 0.191 e. The van der Waals surface area contributed by atoms with E-state index in [0.717, 1.165) is 42.6 Å². The Morgan fingerprint density at radius 1 is 1.28 bits per heavy atom. The van der Waals surface area contributed by atoms with Gasteiger partial charge >= 0.3 is 0 Å². The van der Waals surface area contributed by atoms with Gasteiger partial charge in [-0.3, -0.25) is 0 Å². The highest BCUT2D eigenvalue weighted by molar-refractivity contribution is 14.0. The predicted molar refractivity (Wildman–Crippen MR) is 86.7 cm³/mol. The van der Waals surface area contributed by atoms with Gasteiger partial charge in [-0.15, -0.1) is 24.0 Å². The molecule has 0 saturated heterocycles. The van der Waals surface area contributed by atoms with Crippen molar-refractivity contribution in [2.24, 2.45) is 4.99 Å². The molecule has 0 aromatic carbocycles. The number of aryl methyl sites for hydroxylation is 2. The fourth-order valence-electron chi connectivity index (χ4n) is 1.59. The van der Waals surface area contributed by atoms with Gasteiger partial charge in [0.25, 0.3) is 0 Å². The molecule has 1 aromatic heterocycles. The minimum atomic E-state index is 0. The lowest BCUT2D eigenvalue weighted by molar-refractivity contribution is 0.501. The van der Waals surface area contributed by atoms with Crippen LogP contribution in [0.15, 0.2) is 15.5 Å². The van der Waals surface area contributed by atoms with Crippen molar-refractivity contribution in [1.82, 2.24) is 10.6 Å². The number of aliphatic imine (C=N–C) groups is 1. The van der Waals surface area contributed by atoms with Crippen molar-refractivity contribution in [3.8, 4) is 0 Å². The van der Waals surface area contributed by atoms with Crippen LogP contribution in [-0.4, -0.2) is 19.0 Å². The maximum Gasteiger partial charge on any atom is 0.191 e. The number of hydrogen-bond acceptors (Lipinski definition) is 2. The van der Waals surface area contributed by atoms with Crippen LogP contribution in [0.1, 0.15) is 37.4 Å². The van der Waals surface area contributed by atoms with Crippen molar-refractivity contribution in [2.75, 3.05) is 13.1 Å². The molecule has 4 nitrogen and oxygen atoms in total. The van der Waals surface area contributed by atoms with E-state index in [1.54, 1.807) is 0 Å². The molecule has 0 aliphatic heterocycles. The fraction of sp³-hybridized carbons (Fsp3) is 0.615. The molecule has 1 rings (SSSR count). The molecule has 104 valence electrons. The lowest BCUT2D eigenvalue weighted by Gasteiger charge is -2.09. The summed E-state index contributed by atoms with van der Waals surface area (Å²) in [6.07, 6.45) is 1.09. The van der Waals surface area contributed by atoms with Gasteiger partial charge in [0, 0.05) is 18.7 Å². The van der Waals surface area contributed by atoms with E-state index in [2.05, 4.69) is 29.5 Å². The zero-order valence-electron chi connectivity index (χ0n) is 11.7. The van der Waals surface area contributed by atoms with Crippen LogP contribution in [0.25, 0.3) is 0 Å². The van der Waals surface area contributed by atoms with Gasteiger partial charge in [0.2, 0.25) is 0 Å². The molecule has 0 fully saturated rings. The average molecular weight is 365 g/mol. The predicted octanol–water partition coefficient (Wildman–Crippen LogP) is 2.98. The molecule has 0 radical (unpaired) electrons. The third-order valence-electron chi connectivity index (χ3n) is 2.44. The summed E-state index contributed by atoms with van der Waals surface area (Å²) in [7, 11) is 0. The molecular weight excluding hydrogens is 341 g/mol. The summed E-state index contributed by atoms with van der Waals surface area (Å²) in [5.74, 6) is 2.77. The second-order valence-electron chi connectivity index (χ2n) is 4.06. The van der Waals surface area contributed by atoms with Crippen molar-refractivity contribution < 1.29 is 4.42 Å². The van der Waals surface area contributed by atoms with E-state index in [1.807, 2.05) is 19.9 Å². The van der Waals surface area contributed by atoms with Gasteiger partial charge < -0.3 is 15.1 Å². The van der Waals surface area contributed by atoms with Crippen molar-refractivity contribution in [2.45, 2.75) is 40.7 Å². The van der Waals surface area contributed by atoms with E-state index >= 15 is 0 Å². The molecule has 0 saturated carbocycles. The molecule has 0 unspecified atom stereocenters. The van der Waals surface area contributed by atoms with Gasteiger partial charge in [-0.1, -0.05) is 6.92 Å². The van der Waals surface area contributed by atoms with E-state index in [0.29, 0.717) is 6.54 Å². The quantitative estimate of drug-likeness (QED) is 0.479. The Kier molecular flexibility index (Phi) is 8.87. The summed E-state index contributed by atoms with van der Waals surface area (Å²) in [5, 5.41) is 6.50. The van der Waals surface area contributed by atoms with Crippen LogP contribution in [0.4, 0.5) is 0 Å². The normalized spacial score (nSPS) is 11.0. The van der Waals surface area contributed by atoms with Crippen molar-refractivity contribution in [3.63, 3.8) is 0 Å². The fourth-order valence-corrected chi connectivity index (χ4v) is 1.59. The van der Waals surface area contributed by atoms with Crippen molar-refractivity contribution >= 4 is 29.9 Å². The molecule has 0 aliphatic carbocycles. The lowest BCUT2D eigenvalue weighted by atomic mass is 10.2. The minimum Gasteiger partial charge on any atom is -0.466 e. The molecule has 1 heterocycles. The van der Waals surface area contributed by atoms with E-state index in [1.165, 1.54) is 0 Å². The van der Waals surface area contributed by atoms with Crippen molar-refractivity contribution in [3.05, 3.63) is 23.2 Å². The number of hydrogen-bond donors (Lipinski definition) is 2. The van der Waals surface area contributed by atoms with Gasteiger partial charge in [-0.2, -0.15) is 0 Å². The van der Waals surface area contributed by atoms with Crippen LogP contribution >= 0.6 is 24.0 Å². The Morgan fingerprint density at radius 2 is 2.00 bits per heavy atom. The maximum absolute atomic E-state index is 5.48. The second-order valence-corrected chi connectivity index (χ2v) is 4.06. The first-order valence-electron chi connectivity index (χ1n) is 6.25. The summed E-state index contributed by atoms with van der Waals surface area (Å²) in [6.45, 7) is 10.6. The highest BCUT2D eigenvalue weighted by Crippen LogP contribution is 2.14. The van der Waals surface area contributed by atoms with Gasteiger partial charge in [-0.05, 0) is 33.3 Å². The molecule has 18 heavy (non-hydrogen) atoms. The number of nitrogens with zero attached hydrogens (tertiary/aromatic N) is 1. The first kappa shape index (κ1) is 17.3. The number of furan rings is 1. The Labute approximate surface area is 127 Å².